The zero-order chi connectivity index (χ0) is 13.2. The van der Waals surface area contributed by atoms with E-state index in [-0.39, 0.29) is 0 Å². The molecule has 0 fully saturated rings. The minimum Gasteiger partial charge on any atom is -0.452 e. The summed E-state index contributed by atoms with van der Waals surface area (Å²) in [4.78, 5) is 0. The van der Waals surface area contributed by atoms with E-state index in [1.807, 2.05) is 36.4 Å². The number of benzene rings is 1. The van der Waals surface area contributed by atoms with Gasteiger partial charge in [-0.15, -0.1) is 11.3 Å². The number of thiophene rings is 1. The summed E-state index contributed by atoms with van der Waals surface area (Å²) in [6.07, 6.45) is 1.59. The molecule has 0 aliphatic carbocycles. The van der Waals surface area contributed by atoms with E-state index < -0.39 is 0 Å². The Hall–Kier alpha value is -1.49. The lowest BCUT2D eigenvalue weighted by Gasteiger charge is -2.03. The molecule has 0 saturated carbocycles. The second-order valence-electron chi connectivity index (χ2n) is 3.70. The number of nitrogens with zero attached hydrogens (tertiary/aromatic N) is 2. The maximum Gasteiger partial charge on any atom is 0.184 e. The van der Waals surface area contributed by atoms with E-state index >= 15 is 0 Å². The molecule has 0 bridgehead atoms. The Kier molecular flexibility index (Phi) is 3.46. The number of ether oxygens (including phenoxy) is 1. The smallest absolute Gasteiger partial charge is 0.184 e. The molecule has 2 aromatic heterocycles. The van der Waals surface area contributed by atoms with Crippen LogP contribution >= 0.6 is 34.5 Å². The van der Waals surface area contributed by atoms with Gasteiger partial charge in [0.05, 0.1) is 10.5 Å². The summed E-state index contributed by atoms with van der Waals surface area (Å²) in [5.41, 5.74) is 0. The lowest BCUT2D eigenvalue weighted by atomic mass is 10.3. The molecular weight excluding hydrogens is 303 g/mol. The fourth-order valence-electron chi connectivity index (χ4n) is 1.57. The summed E-state index contributed by atoms with van der Waals surface area (Å²) < 4.78 is 7.96. The third kappa shape index (κ3) is 2.61. The summed E-state index contributed by atoms with van der Waals surface area (Å²) in [7, 11) is 0. The van der Waals surface area contributed by atoms with E-state index in [4.69, 9.17) is 27.9 Å². The topological polar surface area (TPSA) is 27.1 Å². The standard InChI is InChI=1S/C13H8Cl2N2OS/c14-11-6-7-12(19-11)17-13(15)10(8-16-17)18-9-4-2-1-3-5-9/h1-8H. The van der Waals surface area contributed by atoms with E-state index in [9.17, 15) is 0 Å². The number of halogens is 2. The highest BCUT2D eigenvalue weighted by molar-refractivity contribution is 7.18. The maximum absolute atomic E-state index is 6.26. The molecule has 3 aromatic rings. The SMILES string of the molecule is Clc1ccc(-n2ncc(Oc3ccccc3)c2Cl)s1. The predicted octanol–water partition coefficient (Wildman–Crippen LogP) is 5.03. The summed E-state index contributed by atoms with van der Waals surface area (Å²) in [6.45, 7) is 0. The number of hydrogen-bond acceptors (Lipinski definition) is 3. The number of para-hydroxylation sites is 1. The van der Waals surface area contributed by atoms with Crippen LogP contribution in [0.1, 0.15) is 0 Å². The van der Waals surface area contributed by atoms with Gasteiger partial charge in [0, 0.05) is 0 Å². The van der Waals surface area contributed by atoms with Gasteiger partial charge in [-0.25, -0.2) is 4.68 Å². The first-order chi connectivity index (χ1) is 9.24. The van der Waals surface area contributed by atoms with Crippen LogP contribution in [0.2, 0.25) is 9.49 Å². The van der Waals surface area contributed by atoms with Crippen molar-refractivity contribution in [3.8, 4) is 16.5 Å². The van der Waals surface area contributed by atoms with Crippen molar-refractivity contribution in [3.05, 3.63) is 58.2 Å². The molecule has 0 aliphatic heterocycles. The Morgan fingerprint density at radius 3 is 2.53 bits per heavy atom. The summed E-state index contributed by atoms with van der Waals surface area (Å²) in [5.74, 6) is 1.23. The molecule has 6 heteroatoms. The van der Waals surface area contributed by atoms with Crippen LogP contribution in [0, 0.1) is 0 Å². The first kappa shape index (κ1) is 12.5. The molecule has 2 heterocycles. The van der Waals surface area contributed by atoms with Crippen LogP contribution in [0.25, 0.3) is 5.00 Å². The second kappa shape index (κ2) is 5.25. The normalized spacial score (nSPS) is 10.6. The Bertz CT molecular complexity index is 694. The van der Waals surface area contributed by atoms with Crippen LogP contribution in [0.4, 0.5) is 0 Å². The van der Waals surface area contributed by atoms with Gasteiger partial charge in [-0.1, -0.05) is 41.4 Å². The number of hydrogen-bond donors (Lipinski definition) is 0. The van der Waals surface area contributed by atoms with Crippen molar-refractivity contribution in [3.63, 3.8) is 0 Å². The van der Waals surface area contributed by atoms with Crippen molar-refractivity contribution in [1.29, 1.82) is 0 Å². The van der Waals surface area contributed by atoms with E-state index in [2.05, 4.69) is 5.10 Å². The van der Waals surface area contributed by atoms with Crippen molar-refractivity contribution in [1.82, 2.24) is 9.78 Å². The molecule has 0 aliphatic rings. The molecule has 19 heavy (non-hydrogen) atoms. The average molecular weight is 311 g/mol. The zero-order valence-corrected chi connectivity index (χ0v) is 11.9. The zero-order valence-electron chi connectivity index (χ0n) is 9.59. The lowest BCUT2D eigenvalue weighted by molar-refractivity contribution is 0.483. The van der Waals surface area contributed by atoms with Gasteiger partial charge in [0.15, 0.2) is 10.9 Å². The van der Waals surface area contributed by atoms with Crippen molar-refractivity contribution >= 4 is 34.5 Å². The molecule has 3 rings (SSSR count). The monoisotopic (exact) mass is 310 g/mol. The highest BCUT2D eigenvalue weighted by Gasteiger charge is 2.13. The van der Waals surface area contributed by atoms with Crippen LogP contribution in [0.5, 0.6) is 11.5 Å². The van der Waals surface area contributed by atoms with Gasteiger partial charge < -0.3 is 4.74 Å². The van der Waals surface area contributed by atoms with Crippen molar-refractivity contribution < 1.29 is 4.74 Å². The highest BCUT2D eigenvalue weighted by Crippen LogP contribution is 2.33. The van der Waals surface area contributed by atoms with Crippen molar-refractivity contribution in [2.24, 2.45) is 0 Å². The van der Waals surface area contributed by atoms with Crippen molar-refractivity contribution in [2.45, 2.75) is 0 Å². The Balaban J connectivity index is 1.91. The van der Waals surface area contributed by atoms with Gasteiger partial charge in [-0.05, 0) is 24.3 Å². The molecule has 0 atom stereocenters. The largest absolute Gasteiger partial charge is 0.452 e. The summed E-state index contributed by atoms with van der Waals surface area (Å²) in [5, 5.41) is 5.47. The molecule has 0 saturated heterocycles. The fourth-order valence-corrected chi connectivity index (χ4v) is 2.84. The molecule has 0 N–H and O–H groups in total. The average Bonchev–Trinajstić information content (AvgIpc) is 2.99. The molecular formula is C13H8Cl2N2OS. The highest BCUT2D eigenvalue weighted by atomic mass is 35.5. The Morgan fingerprint density at radius 1 is 1.05 bits per heavy atom. The van der Waals surface area contributed by atoms with Gasteiger partial charge in [0.25, 0.3) is 0 Å². The third-order valence-corrected chi connectivity index (χ3v) is 3.97. The van der Waals surface area contributed by atoms with Crippen LogP contribution in [0.15, 0.2) is 48.7 Å². The third-order valence-electron chi connectivity index (χ3n) is 2.42. The second-order valence-corrected chi connectivity index (χ2v) is 5.76. The van der Waals surface area contributed by atoms with Gasteiger partial charge in [0.2, 0.25) is 0 Å². The van der Waals surface area contributed by atoms with Crippen LogP contribution in [0.3, 0.4) is 0 Å². The summed E-state index contributed by atoms with van der Waals surface area (Å²) >= 11 is 13.6. The minimum absolute atomic E-state index is 0.419. The van der Waals surface area contributed by atoms with E-state index in [0.717, 1.165) is 5.00 Å². The van der Waals surface area contributed by atoms with E-state index in [1.54, 1.807) is 16.9 Å². The van der Waals surface area contributed by atoms with Gasteiger partial charge in [0.1, 0.15) is 10.8 Å². The van der Waals surface area contributed by atoms with Gasteiger partial charge >= 0.3 is 0 Å². The van der Waals surface area contributed by atoms with Gasteiger partial charge in [-0.2, -0.15) is 5.10 Å². The predicted molar refractivity (Wildman–Crippen MR) is 78.0 cm³/mol. The molecule has 0 radical (unpaired) electrons. The Labute approximate surface area is 124 Å². The lowest BCUT2D eigenvalue weighted by Crippen LogP contribution is -1.92. The minimum atomic E-state index is 0.419. The van der Waals surface area contributed by atoms with Crippen LogP contribution in [-0.2, 0) is 0 Å². The quantitative estimate of drug-likeness (QED) is 0.678. The van der Waals surface area contributed by atoms with E-state index in [1.165, 1.54) is 11.3 Å². The molecule has 96 valence electrons. The van der Waals surface area contributed by atoms with Crippen molar-refractivity contribution in [2.75, 3.05) is 0 Å². The van der Waals surface area contributed by atoms with Crippen LogP contribution < -0.4 is 4.74 Å². The molecule has 0 spiro atoms. The first-order valence-electron chi connectivity index (χ1n) is 5.46. The fraction of sp³-hybridized carbons (Fsp3) is 0. The molecule has 3 nitrogen and oxygen atoms in total. The number of rotatable bonds is 3. The first-order valence-corrected chi connectivity index (χ1v) is 7.03. The van der Waals surface area contributed by atoms with Crippen LogP contribution in [-0.4, -0.2) is 9.78 Å². The Morgan fingerprint density at radius 2 is 1.84 bits per heavy atom. The summed E-state index contributed by atoms with van der Waals surface area (Å²) in [6, 6.07) is 13.1. The van der Waals surface area contributed by atoms with E-state index in [0.29, 0.717) is 21.0 Å². The molecule has 0 amide bonds. The maximum atomic E-state index is 6.26. The van der Waals surface area contributed by atoms with Gasteiger partial charge in [-0.3, -0.25) is 0 Å². The number of aromatic nitrogens is 2. The molecule has 1 aromatic carbocycles. The molecule has 0 unspecified atom stereocenters.